The van der Waals surface area contributed by atoms with Gasteiger partial charge >= 0.3 is 0 Å². The normalized spacial score (nSPS) is 19.3. The van der Waals surface area contributed by atoms with Gasteiger partial charge in [-0.25, -0.2) is 12.8 Å². The molecule has 0 aliphatic carbocycles. The summed E-state index contributed by atoms with van der Waals surface area (Å²) in [5.74, 6) is -0.717. The lowest BCUT2D eigenvalue weighted by Gasteiger charge is -2.40. The molecule has 9 heteroatoms. The maximum absolute atomic E-state index is 13.2. The Labute approximate surface area is 128 Å². The molecule has 1 aliphatic heterocycles. The fourth-order valence-electron chi connectivity index (χ4n) is 2.25. The smallest absolute Gasteiger partial charge is 0.243 e. The minimum absolute atomic E-state index is 0.100. The van der Waals surface area contributed by atoms with Crippen LogP contribution >= 0.6 is 12.2 Å². The first kappa shape index (κ1) is 16.2. The fraction of sp³-hybridized carbons (Fsp3) is 0.500. The Balaban J connectivity index is 2.30. The van der Waals surface area contributed by atoms with E-state index in [1.54, 1.807) is 0 Å². The van der Waals surface area contributed by atoms with E-state index >= 15 is 0 Å². The van der Waals surface area contributed by atoms with Crippen LogP contribution in [0.3, 0.4) is 0 Å². The molecule has 3 N–H and O–H groups in total. The molecule has 0 atom stereocenters. The number of thiocarbonyl (C=S) groups is 1. The van der Waals surface area contributed by atoms with Crippen molar-refractivity contribution in [1.29, 1.82) is 0 Å². The van der Waals surface area contributed by atoms with Crippen LogP contribution < -0.4 is 10.5 Å². The standard InChI is InChI=1S/C12H17FN4O2S2/c1-17-4-2-12(3-5-17,11(14)20)16-21(18,19)10-6-9(13)7-15-8-10/h6-8,16H,2-5H2,1H3,(H2,14,20). The highest BCUT2D eigenvalue weighted by Crippen LogP contribution is 2.25. The van der Waals surface area contributed by atoms with Crippen molar-refractivity contribution in [1.82, 2.24) is 14.6 Å². The zero-order valence-corrected chi connectivity index (χ0v) is 13.2. The van der Waals surface area contributed by atoms with Gasteiger partial charge in [0, 0.05) is 19.3 Å². The fourth-order valence-corrected chi connectivity index (χ4v) is 3.99. The van der Waals surface area contributed by atoms with E-state index in [9.17, 15) is 12.8 Å². The van der Waals surface area contributed by atoms with E-state index in [1.165, 1.54) is 0 Å². The van der Waals surface area contributed by atoms with Crippen LogP contribution in [-0.4, -0.2) is 49.0 Å². The molecule has 2 rings (SSSR count). The Bertz CT molecular complexity index is 642. The number of nitrogens with two attached hydrogens (primary N) is 1. The van der Waals surface area contributed by atoms with Crippen molar-refractivity contribution in [3.63, 3.8) is 0 Å². The number of piperidine rings is 1. The number of likely N-dealkylation sites (tertiary alicyclic amines) is 1. The van der Waals surface area contributed by atoms with E-state index in [0.717, 1.165) is 18.5 Å². The molecular weight excluding hydrogens is 315 g/mol. The molecule has 0 unspecified atom stereocenters. The van der Waals surface area contributed by atoms with Gasteiger partial charge in [-0.1, -0.05) is 12.2 Å². The Morgan fingerprint density at radius 1 is 1.48 bits per heavy atom. The molecule has 116 valence electrons. The largest absolute Gasteiger partial charge is 0.392 e. The summed E-state index contributed by atoms with van der Waals surface area (Å²) in [6, 6.07) is 0.914. The van der Waals surface area contributed by atoms with E-state index in [0.29, 0.717) is 25.9 Å². The molecule has 0 amide bonds. The van der Waals surface area contributed by atoms with Gasteiger partial charge in [0.1, 0.15) is 10.7 Å². The molecular formula is C12H17FN4O2S2. The molecule has 1 aromatic heterocycles. The van der Waals surface area contributed by atoms with Gasteiger partial charge in [-0.05, 0) is 26.0 Å². The van der Waals surface area contributed by atoms with E-state index in [1.807, 2.05) is 7.05 Å². The molecule has 6 nitrogen and oxygen atoms in total. The molecule has 1 aliphatic rings. The first-order chi connectivity index (χ1) is 9.75. The third-order valence-corrected chi connectivity index (χ3v) is 5.53. The highest BCUT2D eigenvalue weighted by Gasteiger charge is 2.40. The molecule has 0 radical (unpaired) electrons. The molecule has 2 heterocycles. The van der Waals surface area contributed by atoms with E-state index in [-0.39, 0.29) is 9.88 Å². The van der Waals surface area contributed by atoms with Crippen molar-refractivity contribution in [3.05, 3.63) is 24.3 Å². The molecule has 21 heavy (non-hydrogen) atoms. The number of rotatable bonds is 4. The van der Waals surface area contributed by atoms with Gasteiger partial charge in [-0.15, -0.1) is 0 Å². The van der Waals surface area contributed by atoms with Crippen molar-refractivity contribution in [2.45, 2.75) is 23.3 Å². The van der Waals surface area contributed by atoms with Crippen LogP contribution in [0.15, 0.2) is 23.4 Å². The minimum atomic E-state index is -3.94. The zero-order chi connectivity index (χ0) is 15.7. The van der Waals surface area contributed by atoms with Crippen LogP contribution in [0.5, 0.6) is 0 Å². The summed E-state index contributed by atoms with van der Waals surface area (Å²) in [5.41, 5.74) is 4.78. The first-order valence-corrected chi connectivity index (χ1v) is 8.27. The third-order valence-electron chi connectivity index (χ3n) is 3.63. The topological polar surface area (TPSA) is 88.3 Å². The van der Waals surface area contributed by atoms with E-state index < -0.39 is 21.4 Å². The molecule has 1 saturated heterocycles. The number of aromatic nitrogens is 1. The van der Waals surface area contributed by atoms with Crippen LogP contribution in [-0.2, 0) is 10.0 Å². The first-order valence-electron chi connectivity index (χ1n) is 6.38. The number of hydrogen-bond acceptors (Lipinski definition) is 5. The van der Waals surface area contributed by atoms with Gasteiger partial charge in [-0.3, -0.25) is 4.98 Å². The molecule has 0 saturated carbocycles. The Hall–Kier alpha value is -1.16. The number of sulfonamides is 1. The Kier molecular flexibility index (Phi) is 4.57. The molecule has 1 aromatic rings. The summed E-state index contributed by atoms with van der Waals surface area (Å²) in [6.07, 6.45) is 2.98. The van der Waals surface area contributed by atoms with Gasteiger partial charge < -0.3 is 10.6 Å². The summed E-state index contributed by atoms with van der Waals surface area (Å²) < 4.78 is 40.5. The van der Waals surface area contributed by atoms with Gasteiger partial charge in [0.15, 0.2) is 0 Å². The highest BCUT2D eigenvalue weighted by atomic mass is 32.2. The van der Waals surface area contributed by atoms with Crippen LogP contribution in [0.25, 0.3) is 0 Å². The van der Waals surface area contributed by atoms with Gasteiger partial charge in [0.2, 0.25) is 10.0 Å². The van der Waals surface area contributed by atoms with Crippen LogP contribution in [0, 0.1) is 5.82 Å². The third kappa shape index (κ3) is 3.54. The lowest BCUT2D eigenvalue weighted by atomic mass is 9.89. The monoisotopic (exact) mass is 332 g/mol. The average molecular weight is 332 g/mol. The summed E-state index contributed by atoms with van der Waals surface area (Å²) >= 11 is 5.05. The maximum Gasteiger partial charge on any atom is 0.243 e. The molecule has 1 fully saturated rings. The predicted octanol–water partition coefficient (Wildman–Crippen LogP) is 0.249. The average Bonchev–Trinajstić information content (AvgIpc) is 2.41. The Morgan fingerprint density at radius 3 is 2.62 bits per heavy atom. The maximum atomic E-state index is 13.2. The van der Waals surface area contributed by atoms with Gasteiger partial charge in [0.05, 0.1) is 16.7 Å². The minimum Gasteiger partial charge on any atom is -0.392 e. The van der Waals surface area contributed by atoms with Gasteiger partial charge in [0.25, 0.3) is 0 Å². The lowest BCUT2D eigenvalue weighted by molar-refractivity contribution is 0.220. The number of hydrogen-bond donors (Lipinski definition) is 2. The van der Waals surface area contributed by atoms with Crippen molar-refractivity contribution in [2.24, 2.45) is 5.73 Å². The van der Waals surface area contributed by atoms with E-state index in [4.69, 9.17) is 18.0 Å². The molecule has 0 spiro atoms. The number of pyridine rings is 1. The molecule has 0 bridgehead atoms. The van der Waals surface area contributed by atoms with Gasteiger partial charge in [-0.2, -0.15) is 4.72 Å². The number of halogens is 1. The van der Waals surface area contributed by atoms with Crippen molar-refractivity contribution in [3.8, 4) is 0 Å². The quantitative estimate of drug-likeness (QED) is 0.769. The summed E-state index contributed by atoms with van der Waals surface area (Å²) in [7, 11) is -2.00. The second-order valence-electron chi connectivity index (χ2n) is 5.19. The predicted molar refractivity (Wildman–Crippen MR) is 80.8 cm³/mol. The number of nitrogens with one attached hydrogen (secondary N) is 1. The Morgan fingerprint density at radius 2 is 2.10 bits per heavy atom. The molecule has 0 aromatic carbocycles. The highest BCUT2D eigenvalue weighted by molar-refractivity contribution is 7.89. The summed E-state index contributed by atoms with van der Waals surface area (Å²) in [6.45, 7) is 1.34. The summed E-state index contributed by atoms with van der Waals surface area (Å²) in [5, 5.41) is 0. The number of nitrogens with zero attached hydrogens (tertiary/aromatic N) is 2. The lowest BCUT2D eigenvalue weighted by Crippen LogP contribution is -2.61. The van der Waals surface area contributed by atoms with E-state index in [2.05, 4.69) is 14.6 Å². The second kappa shape index (κ2) is 5.91. The SMILES string of the molecule is CN1CCC(NS(=O)(=O)c2cncc(F)c2)(C(N)=S)CC1. The van der Waals surface area contributed by atoms with Crippen LogP contribution in [0.1, 0.15) is 12.8 Å². The zero-order valence-electron chi connectivity index (χ0n) is 11.5. The summed E-state index contributed by atoms with van der Waals surface area (Å²) in [4.78, 5) is 5.48. The van der Waals surface area contributed by atoms with Crippen molar-refractivity contribution < 1.29 is 12.8 Å². The van der Waals surface area contributed by atoms with Crippen molar-refractivity contribution in [2.75, 3.05) is 20.1 Å². The van der Waals surface area contributed by atoms with Crippen molar-refractivity contribution >= 4 is 27.2 Å². The second-order valence-corrected chi connectivity index (χ2v) is 7.32. The van der Waals surface area contributed by atoms with Crippen LogP contribution in [0.2, 0.25) is 0 Å². The van der Waals surface area contributed by atoms with Crippen LogP contribution in [0.4, 0.5) is 4.39 Å².